The first kappa shape index (κ1) is 15.2. The monoisotopic (exact) mass is 304 g/mol. The molecule has 5 heteroatoms. The Bertz CT molecular complexity index is 644. The SMILES string of the molecule is Cc1ccc(NC(=O)NCCc2ccccc2Cl)c(O)c1. The van der Waals surface area contributed by atoms with Crippen LogP contribution in [-0.2, 0) is 6.42 Å². The molecule has 0 aliphatic carbocycles. The number of phenols is 1. The van der Waals surface area contributed by atoms with Gasteiger partial charge in [-0.3, -0.25) is 0 Å². The van der Waals surface area contributed by atoms with E-state index < -0.39 is 0 Å². The molecule has 21 heavy (non-hydrogen) atoms. The van der Waals surface area contributed by atoms with Crippen LogP contribution in [0.5, 0.6) is 5.75 Å². The van der Waals surface area contributed by atoms with Crippen LogP contribution in [-0.4, -0.2) is 17.7 Å². The van der Waals surface area contributed by atoms with Crippen molar-refractivity contribution in [3.05, 3.63) is 58.6 Å². The van der Waals surface area contributed by atoms with Crippen LogP contribution in [0.4, 0.5) is 10.5 Å². The second kappa shape index (κ2) is 6.99. The van der Waals surface area contributed by atoms with E-state index in [2.05, 4.69) is 10.6 Å². The molecule has 0 fully saturated rings. The van der Waals surface area contributed by atoms with Crippen molar-refractivity contribution in [3.63, 3.8) is 0 Å². The zero-order valence-electron chi connectivity index (χ0n) is 11.7. The summed E-state index contributed by atoms with van der Waals surface area (Å²) in [7, 11) is 0. The molecule has 2 amide bonds. The molecule has 0 spiro atoms. The second-order valence-electron chi connectivity index (χ2n) is 4.74. The summed E-state index contributed by atoms with van der Waals surface area (Å²) in [6.45, 7) is 2.33. The number of hydrogen-bond donors (Lipinski definition) is 3. The third-order valence-corrected chi connectivity index (χ3v) is 3.41. The molecular weight excluding hydrogens is 288 g/mol. The maximum atomic E-state index is 11.8. The Kier molecular flexibility index (Phi) is 5.06. The number of nitrogens with one attached hydrogen (secondary N) is 2. The van der Waals surface area contributed by atoms with Gasteiger partial charge in [-0.2, -0.15) is 0 Å². The Hall–Kier alpha value is -2.20. The highest BCUT2D eigenvalue weighted by molar-refractivity contribution is 6.31. The van der Waals surface area contributed by atoms with Crippen LogP contribution in [0.3, 0.4) is 0 Å². The Morgan fingerprint density at radius 1 is 1.24 bits per heavy atom. The third-order valence-electron chi connectivity index (χ3n) is 3.04. The van der Waals surface area contributed by atoms with Gasteiger partial charge in [-0.25, -0.2) is 4.79 Å². The largest absolute Gasteiger partial charge is 0.506 e. The van der Waals surface area contributed by atoms with Crippen LogP contribution in [0, 0.1) is 6.92 Å². The summed E-state index contributed by atoms with van der Waals surface area (Å²) in [4.78, 5) is 11.8. The molecule has 0 unspecified atom stereocenters. The number of amides is 2. The molecule has 2 aromatic carbocycles. The van der Waals surface area contributed by atoms with Gasteiger partial charge in [-0.05, 0) is 42.7 Å². The van der Waals surface area contributed by atoms with Gasteiger partial charge in [0.2, 0.25) is 0 Å². The van der Waals surface area contributed by atoms with Gasteiger partial charge in [0.15, 0.2) is 0 Å². The predicted octanol–water partition coefficient (Wildman–Crippen LogP) is 3.72. The first-order valence-electron chi connectivity index (χ1n) is 6.64. The summed E-state index contributed by atoms with van der Waals surface area (Å²) in [5.74, 6) is 0.0521. The minimum Gasteiger partial charge on any atom is -0.506 e. The number of halogens is 1. The highest BCUT2D eigenvalue weighted by Gasteiger charge is 2.06. The molecule has 0 saturated carbocycles. The number of carbonyl (C=O) groups excluding carboxylic acids is 1. The summed E-state index contributed by atoms with van der Waals surface area (Å²) in [6, 6.07) is 12.2. The van der Waals surface area contributed by atoms with Gasteiger partial charge < -0.3 is 15.7 Å². The maximum Gasteiger partial charge on any atom is 0.319 e. The van der Waals surface area contributed by atoms with Crippen LogP contribution >= 0.6 is 11.6 Å². The van der Waals surface area contributed by atoms with Gasteiger partial charge >= 0.3 is 6.03 Å². The van der Waals surface area contributed by atoms with E-state index in [1.54, 1.807) is 12.1 Å². The summed E-state index contributed by atoms with van der Waals surface area (Å²) in [5, 5.41) is 15.7. The molecule has 0 radical (unpaired) electrons. The number of rotatable bonds is 4. The van der Waals surface area contributed by atoms with Crippen LogP contribution < -0.4 is 10.6 Å². The number of benzene rings is 2. The fourth-order valence-corrected chi connectivity index (χ4v) is 2.16. The maximum absolute atomic E-state index is 11.8. The number of anilines is 1. The summed E-state index contributed by atoms with van der Waals surface area (Å²) < 4.78 is 0. The van der Waals surface area contributed by atoms with Crippen molar-refractivity contribution < 1.29 is 9.90 Å². The molecular formula is C16H17ClN2O2. The molecule has 0 bridgehead atoms. The van der Waals surface area contributed by atoms with E-state index in [4.69, 9.17) is 11.6 Å². The Morgan fingerprint density at radius 3 is 2.71 bits per heavy atom. The molecule has 2 rings (SSSR count). The number of phenolic OH excluding ortho intramolecular Hbond substituents is 1. The topological polar surface area (TPSA) is 61.4 Å². The Balaban J connectivity index is 1.84. The van der Waals surface area contributed by atoms with Crippen molar-refractivity contribution in [2.45, 2.75) is 13.3 Å². The van der Waals surface area contributed by atoms with E-state index in [0.717, 1.165) is 11.1 Å². The molecule has 0 aliphatic rings. The van der Waals surface area contributed by atoms with E-state index in [0.29, 0.717) is 23.7 Å². The number of urea groups is 1. The molecule has 0 aromatic heterocycles. The zero-order chi connectivity index (χ0) is 15.2. The number of carbonyl (C=O) groups is 1. The lowest BCUT2D eigenvalue weighted by molar-refractivity contribution is 0.252. The molecule has 0 saturated heterocycles. The molecule has 0 atom stereocenters. The van der Waals surface area contributed by atoms with Crippen molar-refractivity contribution in [1.29, 1.82) is 0 Å². The normalized spacial score (nSPS) is 10.2. The van der Waals surface area contributed by atoms with Gasteiger partial charge in [0.05, 0.1) is 5.69 Å². The van der Waals surface area contributed by atoms with Gasteiger partial charge in [-0.15, -0.1) is 0 Å². The van der Waals surface area contributed by atoms with Gasteiger partial charge in [-0.1, -0.05) is 35.9 Å². The first-order valence-corrected chi connectivity index (χ1v) is 7.02. The van der Waals surface area contributed by atoms with Crippen molar-refractivity contribution in [1.82, 2.24) is 5.32 Å². The highest BCUT2D eigenvalue weighted by Crippen LogP contribution is 2.23. The summed E-state index contributed by atoms with van der Waals surface area (Å²) in [5.41, 5.74) is 2.30. The lowest BCUT2D eigenvalue weighted by atomic mass is 10.1. The standard InChI is InChI=1S/C16H17ClN2O2/c1-11-6-7-14(15(20)10-11)19-16(21)18-9-8-12-4-2-3-5-13(12)17/h2-7,10,20H,8-9H2,1H3,(H2,18,19,21). The van der Waals surface area contributed by atoms with Crippen molar-refractivity contribution in [2.75, 3.05) is 11.9 Å². The quantitative estimate of drug-likeness (QED) is 0.754. The Labute approximate surface area is 128 Å². The number of aromatic hydroxyl groups is 1. The molecule has 3 N–H and O–H groups in total. The van der Waals surface area contributed by atoms with Gasteiger partial charge in [0.1, 0.15) is 5.75 Å². The van der Waals surface area contributed by atoms with E-state index in [-0.39, 0.29) is 11.8 Å². The van der Waals surface area contributed by atoms with E-state index >= 15 is 0 Å². The summed E-state index contributed by atoms with van der Waals surface area (Å²) >= 11 is 6.04. The van der Waals surface area contributed by atoms with Crippen molar-refractivity contribution in [2.24, 2.45) is 0 Å². The highest BCUT2D eigenvalue weighted by atomic mass is 35.5. The van der Waals surface area contributed by atoms with Crippen molar-refractivity contribution in [3.8, 4) is 5.75 Å². The lowest BCUT2D eigenvalue weighted by Gasteiger charge is -2.10. The van der Waals surface area contributed by atoms with E-state index in [1.807, 2.05) is 37.3 Å². The predicted molar refractivity (Wildman–Crippen MR) is 85.0 cm³/mol. The lowest BCUT2D eigenvalue weighted by Crippen LogP contribution is -2.30. The fourth-order valence-electron chi connectivity index (χ4n) is 1.93. The van der Waals surface area contributed by atoms with Gasteiger partial charge in [0.25, 0.3) is 0 Å². The van der Waals surface area contributed by atoms with Crippen LogP contribution in [0.1, 0.15) is 11.1 Å². The first-order chi connectivity index (χ1) is 10.1. The van der Waals surface area contributed by atoms with Crippen LogP contribution in [0.25, 0.3) is 0 Å². The second-order valence-corrected chi connectivity index (χ2v) is 5.15. The average Bonchev–Trinajstić information content (AvgIpc) is 2.44. The number of hydrogen-bond acceptors (Lipinski definition) is 2. The van der Waals surface area contributed by atoms with E-state index in [1.165, 1.54) is 0 Å². The van der Waals surface area contributed by atoms with Crippen molar-refractivity contribution >= 4 is 23.3 Å². The minimum absolute atomic E-state index is 0.0521. The molecule has 4 nitrogen and oxygen atoms in total. The molecule has 0 heterocycles. The fraction of sp³-hybridized carbons (Fsp3) is 0.188. The molecule has 0 aliphatic heterocycles. The smallest absolute Gasteiger partial charge is 0.319 e. The van der Waals surface area contributed by atoms with E-state index in [9.17, 15) is 9.90 Å². The van der Waals surface area contributed by atoms with Crippen LogP contribution in [0.15, 0.2) is 42.5 Å². The number of aryl methyl sites for hydroxylation is 1. The van der Waals surface area contributed by atoms with Crippen LogP contribution in [0.2, 0.25) is 5.02 Å². The zero-order valence-corrected chi connectivity index (χ0v) is 12.4. The summed E-state index contributed by atoms with van der Waals surface area (Å²) in [6.07, 6.45) is 0.646. The molecule has 2 aromatic rings. The van der Waals surface area contributed by atoms with Gasteiger partial charge in [0, 0.05) is 11.6 Å². The minimum atomic E-state index is -0.360. The Morgan fingerprint density at radius 2 is 2.00 bits per heavy atom. The third kappa shape index (κ3) is 4.39. The average molecular weight is 305 g/mol. The molecule has 110 valence electrons.